The summed E-state index contributed by atoms with van der Waals surface area (Å²) in [6.45, 7) is 2.95. The molecule has 1 amide bonds. The zero-order valence-electron chi connectivity index (χ0n) is 18.6. The number of hydrogen-bond donors (Lipinski definition) is 1. The third kappa shape index (κ3) is 4.97. The number of aryl methyl sites for hydroxylation is 3. The van der Waals surface area contributed by atoms with Crippen molar-refractivity contribution < 1.29 is 9.18 Å². The number of amides is 1. The van der Waals surface area contributed by atoms with Crippen LogP contribution in [-0.4, -0.2) is 36.1 Å². The van der Waals surface area contributed by atoms with Crippen molar-refractivity contribution in [2.45, 2.75) is 58.5 Å². The Morgan fingerprint density at radius 3 is 2.88 bits per heavy atom. The van der Waals surface area contributed by atoms with E-state index in [1.807, 2.05) is 25.1 Å². The Bertz CT molecular complexity index is 1200. The van der Waals surface area contributed by atoms with Crippen molar-refractivity contribution in [3.8, 4) is 0 Å². The van der Waals surface area contributed by atoms with Crippen molar-refractivity contribution in [1.82, 2.24) is 35.5 Å². The second-order valence-corrected chi connectivity index (χ2v) is 8.80. The first kappa shape index (κ1) is 21.4. The Balaban J connectivity index is 1.08. The van der Waals surface area contributed by atoms with Crippen LogP contribution in [-0.2, 0) is 25.9 Å². The van der Waals surface area contributed by atoms with Gasteiger partial charge >= 0.3 is 0 Å². The number of aromatic nitrogens is 6. The third-order valence-corrected chi connectivity index (χ3v) is 6.13. The molecule has 33 heavy (non-hydrogen) atoms. The van der Waals surface area contributed by atoms with Crippen molar-refractivity contribution in [2.24, 2.45) is 5.92 Å². The molecule has 0 aliphatic heterocycles. The molecule has 3 heterocycles. The average Bonchev–Trinajstić information content (AvgIpc) is 3.47. The summed E-state index contributed by atoms with van der Waals surface area (Å²) in [7, 11) is 0. The lowest BCUT2D eigenvalue weighted by atomic mass is 10.1. The highest BCUT2D eigenvalue weighted by Gasteiger charge is 2.34. The van der Waals surface area contributed by atoms with Gasteiger partial charge in [0.2, 0.25) is 0 Å². The van der Waals surface area contributed by atoms with Gasteiger partial charge in [0.15, 0.2) is 5.69 Å². The summed E-state index contributed by atoms with van der Waals surface area (Å²) in [6, 6.07) is 5.70. The average molecular weight is 448 g/mol. The molecular weight excluding hydrogens is 421 g/mol. The lowest BCUT2D eigenvalue weighted by Crippen LogP contribution is -2.23. The number of hydrogen-bond acceptors (Lipinski definition) is 6. The van der Waals surface area contributed by atoms with E-state index in [-0.39, 0.29) is 17.4 Å². The molecule has 1 saturated carbocycles. The molecule has 0 atom stereocenters. The van der Waals surface area contributed by atoms with Crippen LogP contribution in [0.15, 0.2) is 36.2 Å². The first-order valence-corrected chi connectivity index (χ1v) is 11.4. The first-order chi connectivity index (χ1) is 16.1. The van der Waals surface area contributed by atoms with Gasteiger partial charge in [0.1, 0.15) is 5.83 Å². The summed E-state index contributed by atoms with van der Waals surface area (Å²) in [4.78, 5) is 16.5. The Labute approximate surface area is 191 Å². The van der Waals surface area contributed by atoms with Crippen LogP contribution in [0, 0.1) is 12.8 Å². The number of halogens is 1. The molecule has 0 bridgehead atoms. The number of rotatable bonds is 9. The van der Waals surface area contributed by atoms with Gasteiger partial charge in [0.25, 0.3) is 5.91 Å². The van der Waals surface area contributed by atoms with Gasteiger partial charge in [-0.15, -0.1) is 5.10 Å². The molecule has 8 nitrogen and oxygen atoms in total. The lowest BCUT2D eigenvalue weighted by Gasteiger charge is -2.04. The van der Waals surface area contributed by atoms with Crippen LogP contribution < -0.4 is 5.32 Å². The second kappa shape index (κ2) is 9.17. The zero-order valence-corrected chi connectivity index (χ0v) is 18.6. The lowest BCUT2D eigenvalue weighted by molar-refractivity contribution is 0.0946. The highest BCUT2D eigenvalue weighted by atomic mass is 19.1. The molecule has 1 fully saturated rings. The fourth-order valence-electron chi connectivity index (χ4n) is 4.05. The van der Waals surface area contributed by atoms with E-state index in [9.17, 15) is 9.18 Å². The van der Waals surface area contributed by atoms with E-state index >= 15 is 0 Å². The number of allylic oxidation sites excluding steroid dienone is 1. The number of carbonyl (C=O) groups is 1. The van der Waals surface area contributed by atoms with E-state index in [2.05, 4.69) is 30.8 Å². The molecule has 170 valence electrons. The van der Waals surface area contributed by atoms with Crippen LogP contribution in [0.4, 0.5) is 4.39 Å². The molecule has 0 spiro atoms. The number of nitrogens with one attached hydrogen (secondary N) is 1. The van der Waals surface area contributed by atoms with E-state index in [1.54, 1.807) is 17.1 Å². The molecule has 3 aromatic heterocycles. The number of nitrogens with zero attached hydrogens (tertiary/aromatic N) is 6. The third-order valence-electron chi connectivity index (χ3n) is 6.13. The van der Waals surface area contributed by atoms with E-state index in [4.69, 9.17) is 0 Å². The minimum atomic E-state index is -0.268. The van der Waals surface area contributed by atoms with Crippen molar-refractivity contribution in [1.29, 1.82) is 0 Å². The number of unbranched alkanes of at least 4 members (excludes halogenated alkanes) is 1. The predicted molar refractivity (Wildman–Crippen MR) is 120 cm³/mol. The predicted octanol–water partition coefficient (Wildman–Crippen LogP) is 3.37. The molecule has 0 radical (unpaired) electrons. The van der Waals surface area contributed by atoms with Crippen LogP contribution >= 0.6 is 0 Å². The maximum Gasteiger partial charge on any atom is 0.273 e. The molecule has 2 aliphatic carbocycles. The molecule has 0 unspecified atom stereocenters. The molecule has 1 N–H and O–H groups in total. The minimum absolute atomic E-state index is 0.0734. The smallest absolute Gasteiger partial charge is 0.273 e. The molecule has 2 aliphatic rings. The van der Waals surface area contributed by atoms with Gasteiger partial charge in [-0.3, -0.25) is 14.5 Å². The summed E-state index contributed by atoms with van der Waals surface area (Å²) in [5, 5.41) is 19.4. The van der Waals surface area contributed by atoms with Crippen LogP contribution in [0.5, 0.6) is 0 Å². The summed E-state index contributed by atoms with van der Waals surface area (Å²) < 4.78 is 16.3. The zero-order chi connectivity index (χ0) is 22.8. The highest BCUT2D eigenvalue weighted by molar-refractivity contribution is 5.91. The second-order valence-electron chi connectivity index (χ2n) is 8.80. The number of carbonyl (C=O) groups excluding carboxylic acids is 1. The van der Waals surface area contributed by atoms with Crippen LogP contribution in [0.1, 0.15) is 64.4 Å². The van der Waals surface area contributed by atoms with Gasteiger partial charge in [0, 0.05) is 37.0 Å². The number of pyridine rings is 1. The van der Waals surface area contributed by atoms with E-state index < -0.39 is 0 Å². The Hall–Kier alpha value is -3.49. The SMILES string of the molecule is Cc1ccc(CNC(=O)c2cn(CCCCc3cc4c(nn3)CC(C3CC3)=C4F)nn2)cn1. The van der Waals surface area contributed by atoms with E-state index in [0.717, 1.165) is 60.3 Å². The topological polar surface area (TPSA) is 98.5 Å². The van der Waals surface area contributed by atoms with Crippen molar-refractivity contribution >= 4 is 11.7 Å². The standard InChI is InChI=1S/C24H26FN7O/c1-15-5-6-16(12-26-15)13-27-24(33)22-14-32(31-30-22)9-3-2-4-18-10-20-21(29-28-18)11-19(23(20)25)17-7-8-17/h5-6,10,12,14,17H,2-4,7-9,11,13H2,1H3,(H,27,33). The van der Waals surface area contributed by atoms with Gasteiger partial charge < -0.3 is 5.32 Å². The maximum absolute atomic E-state index is 14.7. The summed E-state index contributed by atoms with van der Waals surface area (Å²) >= 11 is 0. The van der Waals surface area contributed by atoms with Gasteiger partial charge in [-0.1, -0.05) is 11.3 Å². The maximum atomic E-state index is 14.7. The van der Waals surface area contributed by atoms with Gasteiger partial charge in [-0.05, 0) is 68.2 Å². The normalized spacial score (nSPS) is 15.1. The highest BCUT2D eigenvalue weighted by Crippen LogP contribution is 2.46. The van der Waals surface area contributed by atoms with Gasteiger partial charge in [-0.25, -0.2) is 4.39 Å². The van der Waals surface area contributed by atoms with Gasteiger partial charge in [-0.2, -0.15) is 10.2 Å². The van der Waals surface area contributed by atoms with Crippen LogP contribution in [0.2, 0.25) is 0 Å². The summed E-state index contributed by atoms with van der Waals surface area (Å²) in [5.74, 6) is 0.0727. The fourth-order valence-corrected chi connectivity index (χ4v) is 4.05. The monoisotopic (exact) mass is 447 g/mol. The molecule has 5 rings (SSSR count). The molecule has 0 aromatic carbocycles. The van der Waals surface area contributed by atoms with E-state index in [1.165, 1.54) is 0 Å². The Morgan fingerprint density at radius 1 is 1.21 bits per heavy atom. The van der Waals surface area contributed by atoms with Crippen LogP contribution in [0.25, 0.3) is 5.83 Å². The molecule has 3 aromatic rings. The molecule has 9 heteroatoms. The summed E-state index contributed by atoms with van der Waals surface area (Å²) in [5.41, 5.74) is 5.27. The fraction of sp³-hybridized carbons (Fsp3) is 0.417. The quantitative estimate of drug-likeness (QED) is 0.505. The number of fused-ring (bicyclic) bond motifs is 1. The van der Waals surface area contributed by atoms with Crippen LogP contribution in [0.3, 0.4) is 0 Å². The largest absolute Gasteiger partial charge is 0.346 e. The Morgan fingerprint density at radius 2 is 2.09 bits per heavy atom. The minimum Gasteiger partial charge on any atom is -0.346 e. The van der Waals surface area contributed by atoms with Gasteiger partial charge in [0.05, 0.1) is 17.6 Å². The van der Waals surface area contributed by atoms with Crippen molar-refractivity contribution in [3.63, 3.8) is 0 Å². The Kier molecular flexibility index (Phi) is 5.93. The first-order valence-electron chi connectivity index (χ1n) is 11.4. The van der Waals surface area contributed by atoms with E-state index in [0.29, 0.717) is 31.0 Å². The van der Waals surface area contributed by atoms with Crippen molar-refractivity contribution in [2.75, 3.05) is 0 Å². The molecule has 0 saturated heterocycles. The summed E-state index contributed by atoms with van der Waals surface area (Å²) in [6.07, 6.45) is 8.61. The molecular formula is C24H26FN7O. The van der Waals surface area contributed by atoms with Crippen molar-refractivity contribution in [3.05, 3.63) is 70.1 Å².